The van der Waals surface area contributed by atoms with Crippen LogP contribution in [-0.2, 0) is 23.9 Å². The van der Waals surface area contributed by atoms with Gasteiger partial charge in [-0.1, -0.05) is 5.16 Å². The largest absolute Gasteiger partial charge is 0.435 e. The Hall–Kier alpha value is -2.65. The second-order valence-electron chi connectivity index (χ2n) is 5.11. The van der Waals surface area contributed by atoms with Crippen molar-refractivity contribution in [1.82, 2.24) is 20.3 Å². The molecular formula is C14H15F3N4O3. The minimum Gasteiger partial charge on any atom is -0.361 e. The van der Waals surface area contributed by atoms with E-state index in [0.717, 1.165) is 6.07 Å². The predicted octanol–water partition coefficient (Wildman–Crippen LogP) is 1.23. The van der Waals surface area contributed by atoms with Gasteiger partial charge in [-0.05, 0) is 19.9 Å². The fourth-order valence-electron chi connectivity index (χ4n) is 2.04. The summed E-state index contributed by atoms with van der Waals surface area (Å²) in [6, 6.07) is 1.41. The van der Waals surface area contributed by atoms with Crippen molar-refractivity contribution in [3.05, 3.63) is 45.2 Å². The van der Waals surface area contributed by atoms with Gasteiger partial charge in [-0.2, -0.15) is 18.3 Å². The Labute approximate surface area is 134 Å². The molecule has 10 heteroatoms. The van der Waals surface area contributed by atoms with E-state index < -0.39 is 17.4 Å². The van der Waals surface area contributed by atoms with E-state index in [0.29, 0.717) is 27.8 Å². The van der Waals surface area contributed by atoms with Gasteiger partial charge in [-0.15, -0.1) is 0 Å². The normalized spacial score (nSPS) is 11.5. The number of hydrogen-bond acceptors (Lipinski definition) is 5. The van der Waals surface area contributed by atoms with E-state index in [-0.39, 0.29) is 25.4 Å². The Bertz CT molecular complexity index is 776. The summed E-state index contributed by atoms with van der Waals surface area (Å²) in [5.41, 5.74) is -0.590. The minimum absolute atomic E-state index is 0.0313. The zero-order chi connectivity index (χ0) is 17.9. The summed E-state index contributed by atoms with van der Waals surface area (Å²) in [7, 11) is 0. The van der Waals surface area contributed by atoms with Crippen molar-refractivity contribution in [1.29, 1.82) is 0 Å². The number of carbonyl (C=O) groups excluding carboxylic acids is 1. The maximum absolute atomic E-state index is 12.6. The van der Waals surface area contributed by atoms with Gasteiger partial charge in [0.2, 0.25) is 5.91 Å². The van der Waals surface area contributed by atoms with Crippen molar-refractivity contribution in [2.75, 3.05) is 6.54 Å². The number of alkyl halides is 3. The molecule has 0 aliphatic carbocycles. The lowest BCUT2D eigenvalue weighted by Crippen LogP contribution is -2.33. The van der Waals surface area contributed by atoms with Gasteiger partial charge in [0.1, 0.15) is 5.76 Å². The van der Waals surface area contributed by atoms with Crippen LogP contribution in [0, 0.1) is 13.8 Å². The third kappa shape index (κ3) is 4.21. The molecule has 0 fully saturated rings. The van der Waals surface area contributed by atoms with Gasteiger partial charge >= 0.3 is 6.18 Å². The molecular weight excluding hydrogens is 329 g/mol. The van der Waals surface area contributed by atoms with Crippen molar-refractivity contribution < 1.29 is 22.5 Å². The highest BCUT2D eigenvalue weighted by Gasteiger charge is 2.33. The van der Waals surface area contributed by atoms with Gasteiger partial charge in [-0.3, -0.25) is 9.59 Å². The van der Waals surface area contributed by atoms with E-state index in [2.05, 4.69) is 15.6 Å². The zero-order valence-corrected chi connectivity index (χ0v) is 13.0. The van der Waals surface area contributed by atoms with Crippen LogP contribution >= 0.6 is 0 Å². The second-order valence-corrected chi connectivity index (χ2v) is 5.11. The Morgan fingerprint density at radius 3 is 2.62 bits per heavy atom. The van der Waals surface area contributed by atoms with E-state index in [1.54, 1.807) is 13.8 Å². The third-order valence-corrected chi connectivity index (χ3v) is 3.32. The summed E-state index contributed by atoms with van der Waals surface area (Å²) in [5.74, 6) is 0.169. The summed E-state index contributed by atoms with van der Waals surface area (Å²) < 4.78 is 43.3. The van der Waals surface area contributed by atoms with E-state index in [1.165, 1.54) is 0 Å². The molecule has 7 nitrogen and oxygen atoms in total. The molecule has 24 heavy (non-hydrogen) atoms. The molecule has 2 aromatic heterocycles. The highest BCUT2D eigenvalue weighted by atomic mass is 19.4. The monoisotopic (exact) mass is 344 g/mol. The molecule has 0 aromatic carbocycles. The number of amides is 1. The zero-order valence-electron chi connectivity index (χ0n) is 13.0. The first-order chi connectivity index (χ1) is 11.2. The Balaban J connectivity index is 1.95. The summed E-state index contributed by atoms with van der Waals surface area (Å²) in [6.07, 6.45) is -4.60. The first-order valence-electron chi connectivity index (χ1n) is 7.02. The average Bonchev–Trinajstić information content (AvgIpc) is 2.80. The molecule has 0 bridgehead atoms. The van der Waals surface area contributed by atoms with Crippen LogP contribution in [0.2, 0.25) is 0 Å². The second kappa shape index (κ2) is 6.85. The maximum Gasteiger partial charge on any atom is 0.435 e. The highest BCUT2D eigenvalue weighted by Crippen LogP contribution is 2.26. The van der Waals surface area contributed by atoms with E-state index in [1.807, 2.05) is 0 Å². The lowest BCUT2D eigenvalue weighted by Gasteiger charge is -2.10. The van der Waals surface area contributed by atoms with Crippen molar-refractivity contribution in [3.8, 4) is 0 Å². The average molecular weight is 344 g/mol. The van der Waals surface area contributed by atoms with Gasteiger partial charge in [0.15, 0.2) is 5.69 Å². The minimum atomic E-state index is -4.64. The molecule has 2 aromatic rings. The van der Waals surface area contributed by atoms with Crippen molar-refractivity contribution in [3.63, 3.8) is 0 Å². The number of nitrogens with one attached hydrogen (secondary N) is 1. The molecule has 2 heterocycles. The maximum atomic E-state index is 12.6. The summed E-state index contributed by atoms with van der Waals surface area (Å²) in [5, 5.41) is 9.49. The molecule has 0 saturated carbocycles. The number of aryl methyl sites for hydroxylation is 2. The van der Waals surface area contributed by atoms with E-state index in [9.17, 15) is 22.8 Å². The number of aromatic nitrogens is 3. The van der Waals surface area contributed by atoms with Crippen molar-refractivity contribution in [2.24, 2.45) is 0 Å². The molecule has 2 rings (SSSR count). The molecule has 0 spiro atoms. The molecule has 0 atom stereocenters. The van der Waals surface area contributed by atoms with Gasteiger partial charge in [0.25, 0.3) is 5.56 Å². The number of hydrogen-bond donors (Lipinski definition) is 1. The molecule has 0 unspecified atom stereocenters. The smallest absolute Gasteiger partial charge is 0.361 e. The molecule has 0 saturated heterocycles. The Morgan fingerprint density at radius 1 is 1.33 bits per heavy atom. The summed E-state index contributed by atoms with van der Waals surface area (Å²) in [4.78, 5) is 23.4. The third-order valence-electron chi connectivity index (χ3n) is 3.32. The van der Waals surface area contributed by atoms with Crippen LogP contribution < -0.4 is 10.9 Å². The van der Waals surface area contributed by atoms with Crippen LogP contribution in [0.1, 0.15) is 22.7 Å². The Morgan fingerprint density at radius 2 is 2.04 bits per heavy atom. The molecule has 0 aliphatic heterocycles. The topological polar surface area (TPSA) is 90.0 Å². The van der Waals surface area contributed by atoms with Crippen LogP contribution in [0.3, 0.4) is 0 Å². The van der Waals surface area contributed by atoms with E-state index >= 15 is 0 Å². The predicted molar refractivity (Wildman–Crippen MR) is 76.2 cm³/mol. The van der Waals surface area contributed by atoms with Crippen molar-refractivity contribution >= 4 is 5.91 Å². The fourth-order valence-corrected chi connectivity index (χ4v) is 2.04. The number of nitrogens with zero attached hydrogens (tertiary/aromatic N) is 3. The van der Waals surface area contributed by atoms with Crippen LogP contribution in [0.15, 0.2) is 21.5 Å². The number of rotatable bonds is 5. The first-order valence-corrected chi connectivity index (χ1v) is 7.02. The molecule has 0 aliphatic rings. The SMILES string of the molecule is Cc1noc(C)c1CC(=O)NCCn1nc(C(F)(F)F)ccc1=O. The molecule has 0 radical (unpaired) electrons. The summed E-state index contributed by atoms with van der Waals surface area (Å²) >= 11 is 0. The number of halogens is 3. The van der Waals surface area contributed by atoms with Crippen LogP contribution in [0.5, 0.6) is 0 Å². The van der Waals surface area contributed by atoms with Crippen LogP contribution in [-0.4, -0.2) is 27.4 Å². The first kappa shape index (κ1) is 17.7. The molecule has 1 N–H and O–H groups in total. The van der Waals surface area contributed by atoms with E-state index in [4.69, 9.17) is 4.52 Å². The van der Waals surface area contributed by atoms with Gasteiger partial charge in [-0.25, -0.2) is 4.68 Å². The van der Waals surface area contributed by atoms with Crippen LogP contribution in [0.4, 0.5) is 13.2 Å². The lowest BCUT2D eigenvalue weighted by atomic mass is 10.1. The highest BCUT2D eigenvalue weighted by molar-refractivity contribution is 5.78. The molecule has 130 valence electrons. The quantitative estimate of drug-likeness (QED) is 0.881. The van der Waals surface area contributed by atoms with Gasteiger partial charge in [0, 0.05) is 18.2 Å². The Kier molecular flexibility index (Phi) is 5.05. The number of carbonyl (C=O) groups is 1. The van der Waals surface area contributed by atoms with Crippen LogP contribution in [0.25, 0.3) is 0 Å². The van der Waals surface area contributed by atoms with Crippen molar-refractivity contribution in [2.45, 2.75) is 33.0 Å². The lowest BCUT2D eigenvalue weighted by molar-refractivity contribution is -0.142. The van der Waals surface area contributed by atoms with Gasteiger partial charge < -0.3 is 9.84 Å². The fraction of sp³-hybridized carbons (Fsp3) is 0.429. The standard InChI is InChI=1S/C14H15F3N4O3/c1-8-10(9(2)24-20-8)7-12(22)18-5-6-21-13(23)4-3-11(19-21)14(15,16)17/h3-4H,5-7H2,1-2H3,(H,18,22). The van der Waals surface area contributed by atoms with Gasteiger partial charge in [0.05, 0.1) is 18.7 Å². The summed E-state index contributed by atoms with van der Waals surface area (Å²) in [6.45, 7) is 3.17. The molecule has 1 amide bonds.